The van der Waals surface area contributed by atoms with Crippen molar-refractivity contribution >= 4 is 56.1 Å². The molecule has 0 spiro atoms. The maximum absolute atomic E-state index is 12.9. The van der Waals surface area contributed by atoms with Gasteiger partial charge in [0.05, 0.1) is 11.7 Å². The van der Waals surface area contributed by atoms with Gasteiger partial charge < -0.3 is 5.73 Å². The minimum atomic E-state index is -0.150. The zero-order valence-electron chi connectivity index (χ0n) is 12.7. The molecule has 1 aliphatic carbocycles. The summed E-state index contributed by atoms with van der Waals surface area (Å²) >= 11 is 4.55. The first-order valence-corrected chi connectivity index (χ1v) is 8.81. The van der Waals surface area contributed by atoms with E-state index in [0.717, 1.165) is 27.3 Å². The molecule has 0 saturated carbocycles. The average molecular weight is 409 g/mol. The summed E-state index contributed by atoms with van der Waals surface area (Å²) in [5.74, 6) is -0.150. The number of nitrogens with two attached hydrogens (primary N) is 1. The minimum Gasteiger partial charge on any atom is -0.390 e. The smallest absolute Gasteiger partial charge is 0.194 e. The van der Waals surface area contributed by atoms with Crippen molar-refractivity contribution in [1.82, 2.24) is 8.75 Å². The summed E-state index contributed by atoms with van der Waals surface area (Å²) in [4.78, 5) is 12.9. The first-order valence-electron chi connectivity index (χ1n) is 7.28. The third kappa shape index (κ3) is 2.38. The number of ketones is 1. The molecule has 4 rings (SSSR count). The Labute approximate surface area is 155 Å². The second-order valence-electron chi connectivity index (χ2n) is 5.43. The van der Waals surface area contributed by atoms with Crippen molar-refractivity contribution in [3.05, 3.63) is 68.8 Å². The zero-order valence-corrected chi connectivity index (χ0v) is 15.1. The highest BCUT2D eigenvalue weighted by molar-refractivity contribution is 9.10. The highest BCUT2D eigenvalue weighted by Gasteiger charge is 2.31. The molecule has 0 saturated heterocycles. The molecule has 0 bridgehead atoms. The van der Waals surface area contributed by atoms with E-state index in [1.165, 1.54) is 0 Å². The monoisotopic (exact) mass is 408 g/mol. The minimum absolute atomic E-state index is 0.0225. The number of fused-ring (bicyclic) bond motifs is 2. The molecule has 1 aliphatic rings. The summed E-state index contributed by atoms with van der Waals surface area (Å²) in [6.07, 6.45) is 1.73. The SMILES string of the molecule is N#C/C(N)=C1/C(=C/c2ccc(Br)c3nsnc23)C(=O)c2ccccc21. The molecule has 0 aliphatic heterocycles. The predicted molar refractivity (Wildman–Crippen MR) is 101 cm³/mol. The summed E-state index contributed by atoms with van der Waals surface area (Å²) in [7, 11) is 0. The van der Waals surface area contributed by atoms with Crippen LogP contribution in [0.25, 0.3) is 22.7 Å². The number of aromatic nitrogens is 2. The molecule has 0 atom stereocenters. The van der Waals surface area contributed by atoms with E-state index in [9.17, 15) is 10.1 Å². The van der Waals surface area contributed by atoms with Gasteiger partial charge in [0.2, 0.25) is 0 Å². The van der Waals surface area contributed by atoms with Gasteiger partial charge in [-0.2, -0.15) is 14.0 Å². The molecule has 2 aromatic carbocycles. The first-order chi connectivity index (χ1) is 12.1. The maximum atomic E-state index is 12.9. The van der Waals surface area contributed by atoms with Gasteiger partial charge in [-0.1, -0.05) is 30.3 Å². The Kier molecular flexibility index (Phi) is 3.71. The van der Waals surface area contributed by atoms with Crippen LogP contribution in [0.5, 0.6) is 0 Å². The Balaban J connectivity index is 2.00. The number of rotatable bonds is 1. The fourth-order valence-electron chi connectivity index (χ4n) is 2.91. The van der Waals surface area contributed by atoms with Crippen LogP contribution in [0.15, 0.2) is 52.1 Å². The molecular formula is C18H9BrN4OS. The molecule has 0 fully saturated rings. The summed E-state index contributed by atoms with van der Waals surface area (Å²) in [6, 6.07) is 12.8. The van der Waals surface area contributed by atoms with Crippen molar-refractivity contribution in [1.29, 1.82) is 5.26 Å². The zero-order chi connectivity index (χ0) is 17.6. The van der Waals surface area contributed by atoms with Crippen LogP contribution in [0.2, 0.25) is 0 Å². The number of benzene rings is 2. The molecule has 5 nitrogen and oxygen atoms in total. The number of carbonyl (C=O) groups excluding carboxylic acids is 1. The van der Waals surface area contributed by atoms with Gasteiger partial charge in [0.15, 0.2) is 5.78 Å². The van der Waals surface area contributed by atoms with Crippen molar-refractivity contribution in [3.8, 4) is 6.07 Å². The molecule has 1 heterocycles. The fourth-order valence-corrected chi connectivity index (χ4v) is 4.02. The fraction of sp³-hybridized carbons (Fsp3) is 0. The lowest BCUT2D eigenvalue weighted by atomic mass is 10.0. The number of hydrogen-bond donors (Lipinski definition) is 1. The highest BCUT2D eigenvalue weighted by atomic mass is 79.9. The van der Waals surface area contributed by atoms with Crippen molar-refractivity contribution in [2.75, 3.05) is 0 Å². The van der Waals surface area contributed by atoms with Crippen LogP contribution in [-0.4, -0.2) is 14.5 Å². The molecule has 0 unspecified atom stereocenters. The van der Waals surface area contributed by atoms with Crippen LogP contribution in [0.4, 0.5) is 0 Å². The Bertz CT molecular complexity index is 1150. The van der Waals surface area contributed by atoms with Gasteiger partial charge in [-0.05, 0) is 33.6 Å². The van der Waals surface area contributed by atoms with E-state index in [0.29, 0.717) is 27.8 Å². The quantitative estimate of drug-likeness (QED) is 0.486. The average Bonchev–Trinajstić information content (AvgIpc) is 3.22. The third-order valence-corrected chi connectivity index (χ3v) is 5.21. The number of nitrogens with zero attached hydrogens (tertiary/aromatic N) is 3. The Morgan fingerprint density at radius 2 is 1.88 bits per heavy atom. The lowest BCUT2D eigenvalue weighted by molar-refractivity contribution is 0.104. The van der Waals surface area contributed by atoms with E-state index < -0.39 is 0 Å². The van der Waals surface area contributed by atoms with Crippen molar-refractivity contribution in [3.63, 3.8) is 0 Å². The van der Waals surface area contributed by atoms with Gasteiger partial charge in [-0.15, -0.1) is 0 Å². The number of hydrogen-bond acceptors (Lipinski definition) is 6. The van der Waals surface area contributed by atoms with Gasteiger partial charge in [0.25, 0.3) is 0 Å². The van der Waals surface area contributed by atoms with E-state index in [2.05, 4.69) is 24.7 Å². The molecule has 0 radical (unpaired) electrons. The molecule has 25 heavy (non-hydrogen) atoms. The largest absolute Gasteiger partial charge is 0.390 e. The first kappa shape index (κ1) is 15.7. The summed E-state index contributed by atoms with van der Waals surface area (Å²) in [6.45, 7) is 0. The van der Waals surface area contributed by atoms with Crippen LogP contribution in [0.3, 0.4) is 0 Å². The van der Waals surface area contributed by atoms with E-state index >= 15 is 0 Å². The molecular weight excluding hydrogens is 400 g/mol. The van der Waals surface area contributed by atoms with E-state index in [1.807, 2.05) is 24.3 Å². The third-order valence-electron chi connectivity index (χ3n) is 4.04. The second-order valence-corrected chi connectivity index (χ2v) is 6.81. The molecule has 120 valence electrons. The van der Waals surface area contributed by atoms with Gasteiger partial charge in [0.1, 0.15) is 22.8 Å². The summed E-state index contributed by atoms with van der Waals surface area (Å²) in [5, 5.41) is 9.27. The number of nitriles is 1. The molecule has 0 amide bonds. The van der Waals surface area contributed by atoms with Gasteiger partial charge in [0, 0.05) is 26.7 Å². The summed E-state index contributed by atoms with van der Waals surface area (Å²) < 4.78 is 9.42. The lowest BCUT2D eigenvalue weighted by Gasteiger charge is -2.04. The maximum Gasteiger partial charge on any atom is 0.194 e. The van der Waals surface area contributed by atoms with E-state index in [-0.39, 0.29) is 11.5 Å². The van der Waals surface area contributed by atoms with Crippen LogP contribution in [0, 0.1) is 11.3 Å². The van der Waals surface area contributed by atoms with Crippen LogP contribution in [0.1, 0.15) is 21.5 Å². The van der Waals surface area contributed by atoms with E-state index in [4.69, 9.17) is 5.73 Å². The molecule has 7 heteroatoms. The molecule has 1 aromatic heterocycles. The number of allylic oxidation sites excluding steroid dienone is 3. The normalized spacial score (nSPS) is 17.0. The topological polar surface area (TPSA) is 92.7 Å². The number of carbonyl (C=O) groups is 1. The number of Topliss-reactive ketones (excluding diaryl/α,β-unsaturated/α-hetero) is 1. The van der Waals surface area contributed by atoms with Crippen LogP contribution >= 0.6 is 27.7 Å². The van der Waals surface area contributed by atoms with Gasteiger partial charge >= 0.3 is 0 Å². The Morgan fingerprint density at radius 3 is 2.64 bits per heavy atom. The van der Waals surface area contributed by atoms with Crippen LogP contribution in [-0.2, 0) is 0 Å². The van der Waals surface area contributed by atoms with Crippen molar-refractivity contribution in [2.45, 2.75) is 0 Å². The van der Waals surface area contributed by atoms with E-state index in [1.54, 1.807) is 24.3 Å². The highest BCUT2D eigenvalue weighted by Crippen LogP contribution is 2.39. The Morgan fingerprint density at radius 1 is 1.16 bits per heavy atom. The summed E-state index contributed by atoms with van der Waals surface area (Å²) in [5.41, 5.74) is 10.2. The van der Waals surface area contributed by atoms with Crippen LogP contribution < -0.4 is 5.73 Å². The predicted octanol–water partition coefficient (Wildman–Crippen LogP) is 3.93. The van der Waals surface area contributed by atoms with Crippen molar-refractivity contribution < 1.29 is 4.79 Å². The standard InChI is InChI=1S/C18H9BrN4OS/c19-13-6-5-9(16-17(13)23-25-22-16)7-12-15(14(21)8-20)10-3-1-2-4-11(10)18(12)24/h1-7H,21H2/b12-7-,15-14-. The molecule has 2 N–H and O–H groups in total. The lowest BCUT2D eigenvalue weighted by Crippen LogP contribution is -2.01. The number of halogens is 1. The van der Waals surface area contributed by atoms with Crippen molar-refractivity contribution in [2.24, 2.45) is 5.73 Å². The van der Waals surface area contributed by atoms with Gasteiger partial charge in [-0.3, -0.25) is 4.79 Å². The Hall–Kier alpha value is -2.82. The van der Waals surface area contributed by atoms with Gasteiger partial charge in [-0.25, -0.2) is 0 Å². The second kappa shape index (κ2) is 5.92. The molecule has 3 aromatic rings.